The lowest BCUT2D eigenvalue weighted by atomic mass is 9.72. The van der Waals surface area contributed by atoms with E-state index in [1.165, 1.54) is 0 Å². The molecular weight excluding hydrogens is 437 g/mol. The monoisotopic (exact) mass is 447 g/mol. The van der Waals surface area contributed by atoms with Gasteiger partial charge in [0.25, 0.3) is 0 Å². The summed E-state index contributed by atoms with van der Waals surface area (Å²) in [5.74, 6) is -0.157. The predicted molar refractivity (Wildman–Crippen MR) is 110 cm³/mol. The average molecular weight is 449 g/mol. The molecule has 4 heterocycles. The first-order valence-electron chi connectivity index (χ1n) is 8.66. The molecule has 2 aliphatic heterocycles. The molecule has 5 rings (SSSR count). The highest BCUT2D eigenvalue weighted by Gasteiger charge is 2.54. The molecule has 2 N–H and O–H groups in total. The maximum Gasteiger partial charge on any atom is 0.240 e. The van der Waals surface area contributed by atoms with Crippen molar-refractivity contribution >= 4 is 58.1 Å². The van der Waals surface area contributed by atoms with Gasteiger partial charge in [-0.1, -0.05) is 34.8 Å². The van der Waals surface area contributed by atoms with Gasteiger partial charge in [0.15, 0.2) is 0 Å². The predicted octanol–water partition coefficient (Wildman–Crippen LogP) is 3.87. The van der Waals surface area contributed by atoms with Crippen molar-refractivity contribution in [2.75, 3.05) is 10.6 Å². The quantitative estimate of drug-likeness (QED) is 0.623. The third-order valence-corrected chi connectivity index (χ3v) is 6.18. The molecule has 0 radical (unpaired) electrons. The molecule has 3 aromatic rings. The highest BCUT2D eigenvalue weighted by Crippen LogP contribution is 2.51. The SMILES string of the molecule is O=C1CC2(C(=O)Nc3cc(Cl)c(Cl)cc32)c2cnn(Cc3ccc(Cl)cn3)c2N1. The molecule has 1 spiro atoms. The number of hydrogen-bond donors (Lipinski definition) is 2. The minimum Gasteiger partial charge on any atom is -0.325 e. The van der Waals surface area contributed by atoms with Crippen LogP contribution in [-0.2, 0) is 21.5 Å². The molecule has 0 saturated carbocycles. The zero-order chi connectivity index (χ0) is 20.3. The Kier molecular flexibility index (Phi) is 4.10. The number of anilines is 2. The number of nitrogens with zero attached hydrogens (tertiary/aromatic N) is 3. The Morgan fingerprint density at radius 3 is 2.59 bits per heavy atom. The lowest BCUT2D eigenvalue weighted by Gasteiger charge is -2.31. The fraction of sp³-hybridized carbons (Fsp3) is 0.158. The van der Waals surface area contributed by atoms with Crippen LogP contribution < -0.4 is 10.6 Å². The van der Waals surface area contributed by atoms with Crippen LogP contribution in [0.4, 0.5) is 11.5 Å². The van der Waals surface area contributed by atoms with E-state index in [0.717, 1.165) is 0 Å². The van der Waals surface area contributed by atoms with Crippen molar-refractivity contribution in [1.82, 2.24) is 14.8 Å². The van der Waals surface area contributed by atoms with E-state index in [1.54, 1.807) is 41.3 Å². The van der Waals surface area contributed by atoms with Crippen molar-refractivity contribution in [3.8, 4) is 0 Å². The minimum atomic E-state index is -1.22. The standard InChI is InChI=1S/C19H12Cl3N5O2/c20-9-1-2-10(23-6-9)8-27-17-12(7-24-27)19(5-16(28)26-17)11-3-13(21)14(22)4-15(11)25-18(19)29/h1-4,6-7H,5,8H2,(H,25,29)(H,26,28). The summed E-state index contributed by atoms with van der Waals surface area (Å²) in [4.78, 5) is 30.0. The number of nitrogens with one attached hydrogen (secondary N) is 2. The van der Waals surface area contributed by atoms with Gasteiger partial charge >= 0.3 is 0 Å². The number of carbonyl (C=O) groups excluding carboxylic acids is 2. The zero-order valence-corrected chi connectivity index (χ0v) is 16.9. The Morgan fingerprint density at radius 2 is 1.83 bits per heavy atom. The van der Waals surface area contributed by atoms with Crippen molar-refractivity contribution in [3.63, 3.8) is 0 Å². The second kappa shape index (κ2) is 6.45. The van der Waals surface area contributed by atoms with Crippen LogP contribution in [0.2, 0.25) is 15.1 Å². The van der Waals surface area contributed by atoms with Crippen molar-refractivity contribution in [2.24, 2.45) is 0 Å². The average Bonchev–Trinajstić information content (AvgIpc) is 3.18. The number of rotatable bonds is 2. The fourth-order valence-corrected chi connectivity index (χ4v) is 4.35. The topological polar surface area (TPSA) is 88.9 Å². The number of hydrogen-bond acceptors (Lipinski definition) is 4. The molecule has 7 nitrogen and oxygen atoms in total. The Bertz CT molecular complexity index is 1190. The van der Waals surface area contributed by atoms with Crippen LogP contribution in [0, 0.1) is 0 Å². The number of fused-ring (bicyclic) bond motifs is 4. The highest BCUT2D eigenvalue weighted by molar-refractivity contribution is 6.42. The smallest absolute Gasteiger partial charge is 0.240 e. The molecule has 2 aliphatic rings. The fourth-order valence-electron chi connectivity index (χ4n) is 3.91. The Morgan fingerprint density at radius 1 is 1.03 bits per heavy atom. The van der Waals surface area contributed by atoms with Gasteiger partial charge in [0.1, 0.15) is 11.2 Å². The third kappa shape index (κ3) is 2.73. The minimum absolute atomic E-state index is 0.0539. The van der Waals surface area contributed by atoms with Gasteiger partial charge in [-0.25, -0.2) is 4.68 Å². The lowest BCUT2D eigenvalue weighted by molar-refractivity contribution is -0.125. The van der Waals surface area contributed by atoms with Gasteiger partial charge in [-0.15, -0.1) is 0 Å². The normalized spacial score (nSPS) is 19.7. The number of benzene rings is 1. The van der Waals surface area contributed by atoms with E-state index in [2.05, 4.69) is 20.7 Å². The van der Waals surface area contributed by atoms with Crippen LogP contribution in [0.3, 0.4) is 0 Å². The van der Waals surface area contributed by atoms with Crippen molar-refractivity contribution in [2.45, 2.75) is 18.4 Å². The van der Waals surface area contributed by atoms with E-state index < -0.39 is 5.41 Å². The Balaban J connectivity index is 1.65. The van der Waals surface area contributed by atoms with Crippen LogP contribution in [0.15, 0.2) is 36.7 Å². The maximum atomic E-state index is 13.1. The summed E-state index contributed by atoms with van der Waals surface area (Å²) in [6.45, 7) is 0.304. The molecule has 0 saturated heterocycles. The van der Waals surface area contributed by atoms with Crippen molar-refractivity contribution in [3.05, 3.63) is 68.5 Å². The number of halogens is 3. The van der Waals surface area contributed by atoms with E-state index in [-0.39, 0.29) is 18.2 Å². The summed E-state index contributed by atoms with van der Waals surface area (Å²) >= 11 is 18.2. The summed E-state index contributed by atoms with van der Waals surface area (Å²) in [7, 11) is 0. The molecule has 1 unspecified atom stereocenters. The molecule has 0 aliphatic carbocycles. The van der Waals surface area contributed by atoms with E-state index in [1.807, 2.05) is 0 Å². The van der Waals surface area contributed by atoms with Crippen LogP contribution in [0.25, 0.3) is 0 Å². The van der Waals surface area contributed by atoms with Gasteiger partial charge < -0.3 is 10.6 Å². The van der Waals surface area contributed by atoms with Gasteiger partial charge in [0.05, 0.1) is 33.5 Å². The van der Waals surface area contributed by atoms with E-state index in [9.17, 15) is 9.59 Å². The second-order valence-electron chi connectivity index (χ2n) is 6.93. The Labute approximate surface area is 180 Å². The van der Waals surface area contributed by atoms with Crippen molar-refractivity contribution < 1.29 is 9.59 Å². The Hall–Kier alpha value is -2.61. The molecule has 2 aromatic heterocycles. The highest BCUT2D eigenvalue weighted by atomic mass is 35.5. The molecule has 0 bridgehead atoms. The molecule has 0 fully saturated rings. The molecule has 2 amide bonds. The first kappa shape index (κ1) is 18.4. The van der Waals surface area contributed by atoms with Crippen LogP contribution in [-0.4, -0.2) is 26.6 Å². The summed E-state index contributed by atoms with van der Waals surface area (Å²) in [6.07, 6.45) is 3.09. The number of pyridine rings is 1. The first-order chi connectivity index (χ1) is 13.9. The number of amides is 2. The number of carbonyl (C=O) groups is 2. The van der Waals surface area contributed by atoms with E-state index >= 15 is 0 Å². The molecule has 1 atom stereocenters. The molecular formula is C19H12Cl3N5O2. The van der Waals surface area contributed by atoms with Gasteiger partial charge in [-0.2, -0.15) is 5.10 Å². The molecule has 10 heteroatoms. The lowest BCUT2D eigenvalue weighted by Crippen LogP contribution is -2.43. The van der Waals surface area contributed by atoms with Crippen LogP contribution in [0.5, 0.6) is 0 Å². The van der Waals surface area contributed by atoms with E-state index in [4.69, 9.17) is 34.8 Å². The summed E-state index contributed by atoms with van der Waals surface area (Å²) in [5, 5.41) is 11.2. The molecule has 1 aromatic carbocycles. The van der Waals surface area contributed by atoms with Gasteiger partial charge in [0.2, 0.25) is 11.8 Å². The van der Waals surface area contributed by atoms with Gasteiger partial charge in [-0.3, -0.25) is 14.6 Å². The largest absolute Gasteiger partial charge is 0.325 e. The zero-order valence-electron chi connectivity index (χ0n) is 14.7. The summed E-state index contributed by atoms with van der Waals surface area (Å²) < 4.78 is 1.60. The maximum absolute atomic E-state index is 13.1. The molecule has 29 heavy (non-hydrogen) atoms. The van der Waals surface area contributed by atoms with Gasteiger partial charge in [-0.05, 0) is 29.8 Å². The third-order valence-electron chi connectivity index (χ3n) is 5.24. The van der Waals surface area contributed by atoms with E-state index in [0.29, 0.717) is 49.9 Å². The summed E-state index contributed by atoms with van der Waals surface area (Å²) in [5.41, 5.74) is 1.24. The van der Waals surface area contributed by atoms with Gasteiger partial charge in [0, 0.05) is 23.9 Å². The first-order valence-corrected chi connectivity index (χ1v) is 9.79. The second-order valence-corrected chi connectivity index (χ2v) is 8.18. The molecule has 146 valence electrons. The van der Waals surface area contributed by atoms with Crippen molar-refractivity contribution in [1.29, 1.82) is 0 Å². The van der Waals surface area contributed by atoms with Crippen LogP contribution >= 0.6 is 34.8 Å². The van der Waals surface area contributed by atoms with Crippen LogP contribution in [0.1, 0.15) is 23.2 Å². The summed E-state index contributed by atoms with van der Waals surface area (Å²) in [6, 6.07) is 6.74. The number of aromatic nitrogens is 3.